The van der Waals surface area contributed by atoms with Gasteiger partial charge in [0.2, 0.25) is 5.91 Å². The summed E-state index contributed by atoms with van der Waals surface area (Å²) in [6.45, 7) is 13.1. The van der Waals surface area contributed by atoms with Crippen molar-refractivity contribution in [1.29, 1.82) is 0 Å². The maximum Gasteiger partial charge on any atom is 0.239 e. The van der Waals surface area contributed by atoms with E-state index in [1.165, 1.54) is 0 Å². The van der Waals surface area contributed by atoms with Gasteiger partial charge >= 0.3 is 0 Å². The molecule has 4 nitrogen and oxygen atoms in total. The highest BCUT2D eigenvalue weighted by Crippen LogP contribution is 2.25. The first-order valence-electron chi connectivity index (χ1n) is 7.83. The van der Waals surface area contributed by atoms with Crippen molar-refractivity contribution in [3.63, 3.8) is 0 Å². The van der Waals surface area contributed by atoms with E-state index in [0.29, 0.717) is 19.1 Å². The third-order valence-electron chi connectivity index (χ3n) is 3.50. The van der Waals surface area contributed by atoms with Gasteiger partial charge in [-0.3, -0.25) is 4.79 Å². The Morgan fingerprint density at radius 1 is 1.18 bits per heavy atom. The molecule has 0 spiro atoms. The average molecular weight is 306 g/mol. The van der Waals surface area contributed by atoms with Crippen LogP contribution < -0.4 is 15.8 Å². The van der Waals surface area contributed by atoms with Crippen LogP contribution in [0.2, 0.25) is 0 Å². The lowest BCUT2D eigenvalue weighted by Gasteiger charge is -2.28. The highest BCUT2D eigenvalue weighted by atomic mass is 16.5. The molecule has 3 N–H and O–H groups in total. The highest BCUT2D eigenvalue weighted by Gasteiger charge is 2.26. The van der Waals surface area contributed by atoms with Crippen LogP contribution in [-0.2, 0) is 10.2 Å². The third kappa shape index (κ3) is 5.68. The summed E-state index contributed by atoms with van der Waals surface area (Å²) >= 11 is 0. The standard InChI is InChI=1S/C18H30N2O2/c1-13(2)11-22-15-9-7-14(8-10-15)17(3,4)12-20-16(21)18(5,6)19/h7-10,13H,11-12,19H2,1-6H3,(H,20,21). The summed E-state index contributed by atoms with van der Waals surface area (Å²) in [6, 6.07) is 8.06. The number of carbonyl (C=O) groups is 1. The molecule has 0 bridgehead atoms. The molecule has 22 heavy (non-hydrogen) atoms. The molecular weight excluding hydrogens is 276 g/mol. The van der Waals surface area contributed by atoms with Crippen molar-refractivity contribution >= 4 is 5.91 Å². The van der Waals surface area contributed by atoms with Crippen molar-refractivity contribution in [2.24, 2.45) is 11.7 Å². The van der Waals surface area contributed by atoms with Crippen LogP contribution in [0.5, 0.6) is 5.75 Å². The molecule has 0 aliphatic heterocycles. The molecule has 4 heteroatoms. The summed E-state index contributed by atoms with van der Waals surface area (Å²) in [5, 5.41) is 2.92. The summed E-state index contributed by atoms with van der Waals surface area (Å²) in [5.74, 6) is 1.24. The van der Waals surface area contributed by atoms with E-state index in [4.69, 9.17) is 10.5 Å². The number of amides is 1. The van der Waals surface area contributed by atoms with Gasteiger partial charge in [0.1, 0.15) is 5.75 Å². The number of nitrogens with one attached hydrogen (secondary N) is 1. The van der Waals surface area contributed by atoms with Crippen LogP contribution in [0.4, 0.5) is 0 Å². The third-order valence-corrected chi connectivity index (χ3v) is 3.50. The second-order valence-electron chi connectivity index (χ2n) is 7.52. The topological polar surface area (TPSA) is 64.3 Å². The first-order chi connectivity index (χ1) is 10.0. The van der Waals surface area contributed by atoms with Gasteiger partial charge in [-0.05, 0) is 37.5 Å². The molecule has 1 aromatic carbocycles. The van der Waals surface area contributed by atoms with E-state index in [2.05, 4.69) is 45.1 Å². The minimum absolute atomic E-state index is 0.141. The summed E-state index contributed by atoms with van der Waals surface area (Å²) in [6.07, 6.45) is 0. The summed E-state index contributed by atoms with van der Waals surface area (Å²) < 4.78 is 5.69. The second-order valence-corrected chi connectivity index (χ2v) is 7.52. The molecule has 1 amide bonds. The maximum absolute atomic E-state index is 11.9. The molecule has 0 atom stereocenters. The molecule has 0 radical (unpaired) electrons. The predicted octanol–water partition coefficient (Wildman–Crippen LogP) is 2.85. The Morgan fingerprint density at radius 3 is 2.18 bits per heavy atom. The molecule has 0 saturated heterocycles. The fourth-order valence-electron chi connectivity index (χ4n) is 1.90. The monoisotopic (exact) mass is 306 g/mol. The number of benzene rings is 1. The van der Waals surface area contributed by atoms with E-state index in [0.717, 1.165) is 11.3 Å². The highest BCUT2D eigenvalue weighted by molar-refractivity contribution is 5.85. The zero-order valence-corrected chi connectivity index (χ0v) is 14.7. The first kappa shape index (κ1) is 18.5. The molecule has 0 unspecified atom stereocenters. The van der Waals surface area contributed by atoms with Gasteiger partial charge in [0.05, 0.1) is 12.1 Å². The molecule has 1 aromatic rings. The molecule has 0 aliphatic rings. The van der Waals surface area contributed by atoms with Crippen molar-refractivity contribution in [2.75, 3.05) is 13.2 Å². The largest absolute Gasteiger partial charge is 0.493 e. The second kappa shape index (κ2) is 7.14. The average Bonchev–Trinajstić information content (AvgIpc) is 2.42. The Bertz CT molecular complexity index is 485. The van der Waals surface area contributed by atoms with Gasteiger partial charge in [0.25, 0.3) is 0 Å². The van der Waals surface area contributed by atoms with Gasteiger partial charge in [-0.1, -0.05) is 39.8 Å². The Hall–Kier alpha value is -1.55. The molecule has 0 saturated carbocycles. The molecule has 0 fully saturated rings. The maximum atomic E-state index is 11.9. The first-order valence-corrected chi connectivity index (χ1v) is 7.83. The number of ether oxygens (including phenoxy) is 1. The van der Waals surface area contributed by atoms with Gasteiger partial charge in [-0.2, -0.15) is 0 Å². The van der Waals surface area contributed by atoms with Gasteiger partial charge < -0.3 is 15.8 Å². The summed E-state index contributed by atoms with van der Waals surface area (Å²) in [4.78, 5) is 11.9. The summed E-state index contributed by atoms with van der Waals surface area (Å²) in [7, 11) is 0. The minimum atomic E-state index is -0.857. The number of hydrogen-bond donors (Lipinski definition) is 2. The van der Waals surface area contributed by atoms with Crippen molar-refractivity contribution in [3.8, 4) is 5.75 Å². The van der Waals surface area contributed by atoms with E-state index >= 15 is 0 Å². The SMILES string of the molecule is CC(C)COc1ccc(C(C)(C)CNC(=O)C(C)(C)N)cc1. The van der Waals surface area contributed by atoms with Gasteiger partial charge in [-0.15, -0.1) is 0 Å². The lowest BCUT2D eigenvalue weighted by atomic mass is 9.84. The predicted molar refractivity (Wildman–Crippen MR) is 91.1 cm³/mol. The van der Waals surface area contributed by atoms with Crippen LogP contribution in [0, 0.1) is 5.92 Å². The van der Waals surface area contributed by atoms with E-state index in [-0.39, 0.29) is 11.3 Å². The zero-order chi connectivity index (χ0) is 17.0. The Morgan fingerprint density at radius 2 is 1.73 bits per heavy atom. The fourth-order valence-corrected chi connectivity index (χ4v) is 1.90. The minimum Gasteiger partial charge on any atom is -0.493 e. The number of carbonyl (C=O) groups excluding carboxylic acids is 1. The molecule has 0 heterocycles. The Kier molecular flexibility index (Phi) is 6.00. The molecule has 124 valence electrons. The van der Waals surface area contributed by atoms with Crippen molar-refractivity contribution in [3.05, 3.63) is 29.8 Å². The normalized spacial score (nSPS) is 12.4. The van der Waals surface area contributed by atoms with Crippen molar-refractivity contribution in [2.45, 2.75) is 52.5 Å². The number of hydrogen-bond acceptors (Lipinski definition) is 3. The molecule has 1 rings (SSSR count). The van der Waals surface area contributed by atoms with Crippen LogP contribution in [0.15, 0.2) is 24.3 Å². The lowest BCUT2D eigenvalue weighted by Crippen LogP contribution is -2.51. The smallest absolute Gasteiger partial charge is 0.239 e. The van der Waals surface area contributed by atoms with Crippen molar-refractivity contribution < 1.29 is 9.53 Å². The number of nitrogens with two attached hydrogens (primary N) is 1. The molecule has 0 aromatic heterocycles. The van der Waals surface area contributed by atoms with Crippen LogP contribution >= 0.6 is 0 Å². The molecule has 0 aliphatic carbocycles. The van der Waals surface area contributed by atoms with E-state index in [9.17, 15) is 4.79 Å². The number of rotatable bonds is 7. The Balaban J connectivity index is 2.67. The van der Waals surface area contributed by atoms with Crippen LogP contribution in [0.3, 0.4) is 0 Å². The van der Waals surface area contributed by atoms with Gasteiger partial charge in [0.15, 0.2) is 0 Å². The fraction of sp³-hybridized carbons (Fsp3) is 0.611. The lowest BCUT2D eigenvalue weighted by molar-refractivity contribution is -0.125. The van der Waals surface area contributed by atoms with E-state index < -0.39 is 5.54 Å². The van der Waals surface area contributed by atoms with Crippen LogP contribution in [-0.4, -0.2) is 24.6 Å². The van der Waals surface area contributed by atoms with E-state index in [1.807, 2.05) is 12.1 Å². The van der Waals surface area contributed by atoms with Gasteiger partial charge in [0, 0.05) is 12.0 Å². The summed E-state index contributed by atoms with van der Waals surface area (Å²) in [5.41, 5.74) is 5.92. The van der Waals surface area contributed by atoms with Crippen molar-refractivity contribution in [1.82, 2.24) is 5.32 Å². The Labute approximate surface area is 134 Å². The van der Waals surface area contributed by atoms with Gasteiger partial charge in [-0.25, -0.2) is 0 Å². The molecular formula is C18H30N2O2. The van der Waals surface area contributed by atoms with Crippen LogP contribution in [0.1, 0.15) is 47.1 Å². The van der Waals surface area contributed by atoms with E-state index in [1.54, 1.807) is 13.8 Å². The van der Waals surface area contributed by atoms with Crippen LogP contribution in [0.25, 0.3) is 0 Å². The zero-order valence-electron chi connectivity index (χ0n) is 14.7. The quantitative estimate of drug-likeness (QED) is 0.814.